The Morgan fingerprint density at radius 1 is 1.38 bits per heavy atom. The highest BCUT2D eigenvalue weighted by atomic mass is 19.4. The first kappa shape index (κ1) is 12.7. The summed E-state index contributed by atoms with van der Waals surface area (Å²) in [6.45, 7) is 3.50. The molecule has 5 heteroatoms. The highest BCUT2D eigenvalue weighted by molar-refractivity contribution is 5.82. The predicted molar refractivity (Wildman–Crippen MR) is 52.8 cm³/mol. The van der Waals surface area contributed by atoms with Crippen molar-refractivity contribution < 1.29 is 18.0 Å². The number of alkyl halides is 3. The minimum atomic E-state index is -4.43. The maximum Gasteiger partial charge on any atom is 0.433 e. The number of carbonyl (C=O) groups is 1. The van der Waals surface area contributed by atoms with Gasteiger partial charge in [-0.3, -0.25) is 9.78 Å². The van der Waals surface area contributed by atoms with Crippen LogP contribution in [0.2, 0.25) is 0 Å². The number of pyridine rings is 1. The Balaban J connectivity index is 2.76. The number of hydrogen-bond acceptors (Lipinski definition) is 2. The molecule has 0 fully saturated rings. The van der Waals surface area contributed by atoms with Crippen molar-refractivity contribution >= 4 is 5.78 Å². The summed E-state index contributed by atoms with van der Waals surface area (Å²) in [4.78, 5) is 14.6. The van der Waals surface area contributed by atoms with Gasteiger partial charge in [0.2, 0.25) is 0 Å². The molecule has 0 aliphatic rings. The predicted octanol–water partition coefficient (Wildman–Crippen LogP) is 2.87. The molecule has 1 heterocycles. The maximum absolute atomic E-state index is 12.2. The van der Waals surface area contributed by atoms with E-state index in [1.165, 1.54) is 6.07 Å². The van der Waals surface area contributed by atoms with E-state index in [9.17, 15) is 18.0 Å². The summed E-state index contributed by atoms with van der Waals surface area (Å²) in [5, 5.41) is 0. The van der Waals surface area contributed by atoms with Gasteiger partial charge >= 0.3 is 6.18 Å². The van der Waals surface area contributed by atoms with Gasteiger partial charge in [-0.05, 0) is 11.6 Å². The van der Waals surface area contributed by atoms with E-state index in [2.05, 4.69) is 4.98 Å². The lowest BCUT2D eigenvalue weighted by atomic mass is 10.0. The fraction of sp³-hybridized carbons (Fsp3) is 0.455. The van der Waals surface area contributed by atoms with Gasteiger partial charge < -0.3 is 0 Å². The first-order chi connectivity index (χ1) is 7.30. The third-order valence-corrected chi connectivity index (χ3v) is 2.14. The van der Waals surface area contributed by atoms with Crippen molar-refractivity contribution in [2.45, 2.75) is 26.4 Å². The Hall–Kier alpha value is -1.39. The molecule has 0 aliphatic carbocycles. The molecule has 16 heavy (non-hydrogen) atoms. The van der Waals surface area contributed by atoms with Crippen LogP contribution in [-0.4, -0.2) is 10.8 Å². The van der Waals surface area contributed by atoms with Gasteiger partial charge in [0.25, 0.3) is 0 Å². The Morgan fingerprint density at radius 3 is 2.38 bits per heavy atom. The van der Waals surface area contributed by atoms with Crippen LogP contribution in [0.15, 0.2) is 18.3 Å². The number of halogens is 3. The van der Waals surface area contributed by atoms with Crippen molar-refractivity contribution in [1.82, 2.24) is 4.98 Å². The van der Waals surface area contributed by atoms with Crippen LogP contribution in [-0.2, 0) is 17.4 Å². The molecule has 1 aromatic rings. The van der Waals surface area contributed by atoms with Crippen molar-refractivity contribution in [3.63, 3.8) is 0 Å². The Morgan fingerprint density at radius 2 is 2.00 bits per heavy atom. The maximum atomic E-state index is 12.2. The molecule has 88 valence electrons. The van der Waals surface area contributed by atoms with E-state index in [1.807, 2.05) is 0 Å². The minimum Gasteiger partial charge on any atom is -0.299 e. The summed E-state index contributed by atoms with van der Waals surface area (Å²) in [5.41, 5.74) is -0.431. The molecule has 0 N–H and O–H groups in total. The van der Waals surface area contributed by atoms with Gasteiger partial charge in [0.05, 0.1) is 0 Å². The van der Waals surface area contributed by atoms with Gasteiger partial charge in [-0.25, -0.2) is 0 Å². The van der Waals surface area contributed by atoms with E-state index in [4.69, 9.17) is 0 Å². The second kappa shape index (κ2) is 4.63. The van der Waals surface area contributed by atoms with Crippen LogP contribution in [0.1, 0.15) is 25.1 Å². The summed E-state index contributed by atoms with van der Waals surface area (Å²) >= 11 is 0. The number of Topliss-reactive ketones (excluding diaryl/α,β-unsaturated/α-hetero) is 1. The van der Waals surface area contributed by atoms with Crippen molar-refractivity contribution in [2.24, 2.45) is 5.92 Å². The van der Waals surface area contributed by atoms with Crippen LogP contribution in [0.3, 0.4) is 0 Å². The highest BCUT2D eigenvalue weighted by Crippen LogP contribution is 2.27. The van der Waals surface area contributed by atoms with Gasteiger partial charge in [0, 0.05) is 18.5 Å². The molecule has 0 bridgehead atoms. The minimum absolute atomic E-state index is 0.0124. The Bertz CT molecular complexity index is 368. The summed E-state index contributed by atoms with van der Waals surface area (Å²) < 4.78 is 36.5. The molecule has 0 aliphatic heterocycles. The second-order valence-corrected chi connectivity index (χ2v) is 3.85. The zero-order valence-corrected chi connectivity index (χ0v) is 9.01. The van der Waals surface area contributed by atoms with Gasteiger partial charge in [-0.1, -0.05) is 19.9 Å². The molecular weight excluding hydrogens is 219 g/mol. The Kier molecular flexibility index (Phi) is 3.67. The van der Waals surface area contributed by atoms with E-state index >= 15 is 0 Å². The summed E-state index contributed by atoms with van der Waals surface area (Å²) in [6.07, 6.45) is -3.20. The molecular formula is C11H12F3NO. The molecule has 0 saturated carbocycles. The molecule has 0 aromatic carbocycles. The third-order valence-electron chi connectivity index (χ3n) is 2.14. The average Bonchev–Trinajstić information content (AvgIpc) is 2.17. The molecule has 2 nitrogen and oxygen atoms in total. The SMILES string of the molecule is CC(C)C(=O)Cc1ccc(C(F)(F)F)nc1. The molecule has 1 aromatic heterocycles. The quantitative estimate of drug-likeness (QED) is 0.800. The summed E-state index contributed by atoms with van der Waals surface area (Å²) in [6, 6.07) is 2.18. The van der Waals surface area contributed by atoms with Gasteiger partial charge in [0.1, 0.15) is 11.5 Å². The summed E-state index contributed by atoms with van der Waals surface area (Å²) in [5.74, 6) is -0.135. The fourth-order valence-electron chi connectivity index (χ4n) is 1.10. The topological polar surface area (TPSA) is 30.0 Å². The zero-order valence-electron chi connectivity index (χ0n) is 9.01. The van der Waals surface area contributed by atoms with Crippen LogP contribution >= 0.6 is 0 Å². The molecule has 0 unspecified atom stereocenters. The van der Waals surface area contributed by atoms with Crippen LogP contribution in [0.25, 0.3) is 0 Å². The second-order valence-electron chi connectivity index (χ2n) is 3.85. The molecule has 0 amide bonds. The molecule has 0 radical (unpaired) electrons. The van der Waals surface area contributed by atoms with E-state index in [1.54, 1.807) is 13.8 Å². The van der Waals surface area contributed by atoms with Gasteiger partial charge in [-0.2, -0.15) is 13.2 Å². The van der Waals surface area contributed by atoms with Crippen molar-refractivity contribution in [1.29, 1.82) is 0 Å². The Labute approximate surface area is 91.5 Å². The van der Waals surface area contributed by atoms with Gasteiger partial charge in [-0.15, -0.1) is 0 Å². The van der Waals surface area contributed by atoms with E-state index in [0.717, 1.165) is 12.3 Å². The zero-order chi connectivity index (χ0) is 12.3. The lowest BCUT2D eigenvalue weighted by Gasteiger charge is -2.07. The number of ketones is 1. The average molecular weight is 231 g/mol. The van der Waals surface area contributed by atoms with Crippen LogP contribution < -0.4 is 0 Å². The highest BCUT2D eigenvalue weighted by Gasteiger charge is 2.32. The van der Waals surface area contributed by atoms with Crippen molar-refractivity contribution in [3.8, 4) is 0 Å². The fourth-order valence-corrected chi connectivity index (χ4v) is 1.10. The molecule has 0 atom stereocenters. The number of nitrogens with zero attached hydrogens (tertiary/aromatic N) is 1. The van der Waals surface area contributed by atoms with Crippen LogP contribution in [0, 0.1) is 5.92 Å². The third kappa shape index (κ3) is 3.32. The van der Waals surface area contributed by atoms with Crippen molar-refractivity contribution in [3.05, 3.63) is 29.6 Å². The number of aromatic nitrogens is 1. The lowest BCUT2D eigenvalue weighted by molar-refractivity contribution is -0.141. The van der Waals surface area contributed by atoms with Crippen LogP contribution in [0.5, 0.6) is 0 Å². The van der Waals surface area contributed by atoms with E-state index in [-0.39, 0.29) is 18.1 Å². The monoisotopic (exact) mass is 231 g/mol. The first-order valence-corrected chi connectivity index (χ1v) is 4.85. The molecule has 1 rings (SSSR count). The summed E-state index contributed by atoms with van der Waals surface area (Å²) in [7, 11) is 0. The largest absolute Gasteiger partial charge is 0.433 e. The molecule has 0 spiro atoms. The number of hydrogen-bond donors (Lipinski definition) is 0. The van der Waals surface area contributed by atoms with E-state index < -0.39 is 11.9 Å². The smallest absolute Gasteiger partial charge is 0.299 e. The number of rotatable bonds is 3. The first-order valence-electron chi connectivity index (χ1n) is 4.85. The number of carbonyl (C=O) groups excluding carboxylic acids is 1. The van der Waals surface area contributed by atoms with Gasteiger partial charge in [0.15, 0.2) is 0 Å². The lowest BCUT2D eigenvalue weighted by Crippen LogP contribution is -2.12. The van der Waals surface area contributed by atoms with E-state index in [0.29, 0.717) is 5.56 Å². The van der Waals surface area contributed by atoms with Crippen LogP contribution in [0.4, 0.5) is 13.2 Å². The van der Waals surface area contributed by atoms with Crippen molar-refractivity contribution in [2.75, 3.05) is 0 Å². The normalized spacial score (nSPS) is 11.9. The molecule has 0 saturated heterocycles. The standard InChI is InChI=1S/C11H12F3NO/c1-7(2)9(16)5-8-3-4-10(15-6-8)11(12,13)14/h3-4,6-7H,5H2,1-2H3.